The largest absolute Gasteiger partial charge is 0.496 e. The number of methoxy groups -OCH3 is 1. The van der Waals surface area contributed by atoms with Gasteiger partial charge in [0.25, 0.3) is 0 Å². The van der Waals surface area contributed by atoms with Gasteiger partial charge in [0, 0.05) is 8.30 Å². The van der Waals surface area contributed by atoms with E-state index in [0.717, 1.165) is 6.07 Å². The van der Waals surface area contributed by atoms with Gasteiger partial charge in [0.2, 0.25) is 0 Å². The van der Waals surface area contributed by atoms with E-state index in [0.29, 0.717) is 0 Å². The third kappa shape index (κ3) is 1.77. The summed E-state index contributed by atoms with van der Waals surface area (Å²) in [5, 5.41) is 6.19. The fourth-order valence-corrected chi connectivity index (χ4v) is 1.56. The predicted octanol–water partition coefficient (Wildman–Crippen LogP) is 3.44. The number of alkyl halides is 3. The Hall–Kier alpha value is -1.59. The van der Waals surface area contributed by atoms with E-state index in [1.807, 2.05) is 0 Å². The highest BCUT2D eigenvalue weighted by molar-refractivity contribution is 5.42. The van der Waals surface area contributed by atoms with Crippen molar-refractivity contribution in [3.8, 4) is 5.75 Å². The predicted molar refractivity (Wildman–Crippen MR) is 55.0 cm³/mol. The molecule has 0 saturated carbocycles. The van der Waals surface area contributed by atoms with Gasteiger partial charge in [0.1, 0.15) is 5.75 Å². The van der Waals surface area contributed by atoms with Crippen molar-refractivity contribution < 1.29 is 20.6 Å². The number of rotatable bonds is 3. The second kappa shape index (κ2) is 3.72. The standard InChI is InChI=1S/C11H11F3N2O/c1-3-7-4-5-8(6-9(7)17-2)10(15-16-10)11(12,13)14/h4-6H,3H2,1-2H3/i3D2. The molecule has 0 unspecified atom stereocenters. The normalized spacial score (nSPS) is 19.6. The average molecular weight is 246 g/mol. The summed E-state index contributed by atoms with van der Waals surface area (Å²) in [4.78, 5) is 0. The quantitative estimate of drug-likeness (QED) is 0.804. The summed E-state index contributed by atoms with van der Waals surface area (Å²) in [5.41, 5.74) is -2.51. The monoisotopic (exact) mass is 246 g/mol. The summed E-state index contributed by atoms with van der Waals surface area (Å²) >= 11 is 0. The van der Waals surface area contributed by atoms with Gasteiger partial charge in [-0.05, 0) is 18.0 Å². The number of aryl methyl sites for hydroxylation is 1. The van der Waals surface area contributed by atoms with Gasteiger partial charge in [0.15, 0.2) is 0 Å². The molecule has 1 aromatic carbocycles. The van der Waals surface area contributed by atoms with Crippen molar-refractivity contribution >= 4 is 0 Å². The Morgan fingerprint density at radius 3 is 2.47 bits per heavy atom. The molecule has 1 heterocycles. The van der Waals surface area contributed by atoms with Crippen LogP contribution in [0.15, 0.2) is 28.4 Å². The van der Waals surface area contributed by atoms with E-state index >= 15 is 0 Å². The summed E-state index contributed by atoms with van der Waals surface area (Å²) in [7, 11) is 1.27. The Kier molecular flexibility index (Phi) is 2.06. The Balaban J connectivity index is 2.47. The highest BCUT2D eigenvalue weighted by Crippen LogP contribution is 2.52. The number of ether oxygens (including phenoxy) is 1. The molecule has 0 aliphatic carbocycles. The molecule has 1 aliphatic heterocycles. The zero-order valence-corrected chi connectivity index (χ0v) is 9.17. The van der Waals surface area contributed by atoms with Gasteiger partial charge < -0.3 is 4.74 Å². The Morgan fingerprint density at radius 2 is 2.06 bits per heavy atom. The molecule has 0 spiro atoms. The third-order valence-corrected chi connectivity index (χ3v) is 2.57. The van der Waals surface area contributed by atoms with Crippen LogP contribution < -0.4 is 4.74 Å². The van der Waals surface area contributed by atoms with E-state index in [-0.39, 0.29) is 16.9 Å². The fraction of sp³-hybridized carbons (Fsp3) is 0.455. The first-order valence-corrected chi connectivity index (χ1v) is 4.81. The van der Waals surface area contributed by atoms with Gasteiger partial charge in [0.05, 0.1) is 7.11 Å². The lowest BCUT2D eigenvalue weighted by atomic mass is 9.99. The molecule has 1 aromatic rings. The highest BCUT2D eigenvalue weighted by Gasteiger charge is 2.65. The summed E-state index contributed by atoms with van der Waals surface area (Å²) in [5.74, 6) is 0.0472. The molecule has 3 nitrogen and oxygen atoms in total. The van der Waals surface area contributed by atoms with Gasteiger partial charge in [-0.2, -0.15) is 13.2 Å². The first kappa shape index (κ1) is 9.44. The van der Waals surface area contributed by atoms with Crippen LogP contribution in [0, 0.1) is 0 Å². The van der Waals surface area contributed by atoms with Crippen LogP contribution in [0.4, 0.5) is 13.2 Å². The van der Waals surface area contributed by atoms with Gasteiger partial charge in [-0.3, -0.25) is 0 Å². The molecule has 0 atom stereocenters. The number of halogens is 3. The minimum atomic E-state index is -4.61. The molecule has 0 saturated heterocycles. The highest BCUT2D eigenvalue weighted by atomic mass is 19.4. The number of hydrogen-bond donors (Lipinski definition) is 0. The SMILES string of the molecule is [2H]C([2H])(C)c1ccc(C2(C(F)(F)F)N=N2)cc1OC. The van der Waals surface area contributed by atoms with Crippen molar-refractivity contribution in [3.05, 3.63) is 29.3 Å². The van der Waals surface area contributed by atoms with E-state index in [2.05, 4.69) is 10.2 Å². The minimum absolute atomic E-state index is 0.0472. The molecule has 0 fully saturated rings. The van der Waals surface area contributed by atoms with Crippen molar-refractivity contribution in [1.82, 2.24) is 0 Å². The van der Waals surface area contributed by atoms with Crippen molar-refractivity contribution in [2.24, 2.45) is 10.2 Å². The molecule has 0 aromatic heterocycles. The number of hydrogen-bond acceptors (Lipinski definition) is 3. The molecular weight excluding hydrogens is 233 g/mol. The van der Waals surface area contributed by atoms with Gasteiger partial charge in [-0.25, -0.2) is 0 Å². The minimum Gasteiger partial charge on any atom is -0.496 e. The van der Waals surface area contributed by atoms with E-state index in [1.54, 1.807) is 0 Å². The van der Waals surface area contributed by atoms with Crippen LogP contribution in [-0.4, -0.2) is 13.3 Å². The van der Waals surface area contributed by atoms with E-state index in [1.165, 1.54) is 26.2 Å². The fourth-order valence-electron chi connectivity index (χ4n) is 1.56. The molecule has 2 rings (SSSR count). The van der Waals surface area contributed by atoms with Crippen LogP contribution in [0.25, 0.3) is 0 Å². The van der Waals surface area contributed by atoms with Crippen molar-refractivity contribution in [3.63, 3.8) is 0 Å². The van der Waals surface area contributed by atoms with Crippen LogP contribution in [0.5, 0.6) is 5.75 Å². The molecule has 0 bridgehead atoms. The Morgan fingerprint density at radius 1 is 1.41 bits per heavy atom. The van der Waals surface area contributed by atoms with Crippen LogP contribution in [0.2, 0.25) is 0 Å². The van der Waals surface area contributed by atoms with Crippen molar-refractivity contribution in [1.29, 1.82) is 0 Å². The second-order valence-corrected chi connectivity index (χ2v) is 3.54. The van der Waals surface area contributed by atoms with Crippen molar-refractivity contribution in [2.75, 3.05) is 7.11 Å². The zero-order valence-electron chi connectivity index (χ0n) is 11.2. The van der Waals surface area contributed by atoms with Crippen LogP contribution >= 0.6 is 0 Å². The van der Waals surface area contributed by atoms with Gasteiger partial charge in [-0.1, -0.05) is 19.1 Å². The lowest BCUT2D eigenvalue weighted by molar-refractivity contribution is -0.166. The van der Waals surface area contributed by atoms with Gasteiger partial charge in [-0.15, -0.1) is 10.2 Å². The van der Waals surface area contributed by atoms with E-state index in [9.17, 15) is 13.2 Å². The topological polar surface area (TPSA) is 34.0 Å². The maximum absolute atomic E-state index is 12.8. The first-order valence-electron chi connectivity index (χ1n) is 5.81. The van der Waals surface area contributed by atoms with Crippen LogP contribution in [0.1, 0.15) is 20.8 Å². The summed E-state index contributed by atoms with van der Waals surface area (Å²) < 4.78 is 58.7. The van der Waals surface area contributed by atoms with E-state index < -0.39 is 18.2 Å². The summed E-state index contributed by atoms with van der Waals surface area (Å²) in [6.45, 7) is 1.30. The number of nitrogens with zero attached hydrogens (tertiary/aromatic N) is 2. The van der Waals surface area contributed by atoms with Crippen LogP contribution in [-0.2, 0) is 12.0 Å². The smallest absolute Gasteiger partial charge is 0.442 e. The maximum atomic E-state index is 12.8. The molecule has 0 radical (unpaired) electrons. The molecular formula is C11H11F3N2O. The Bertz CT molecular complexity index is 532. The maximum Gasteiger partial charge on any atom is 0.442 e. The lowest BCUT2D eigenvalue weighted by Gasteiger charge is -2.16. The molecule has 1 aliphatic rings. The van der Waals surface area contributed by atoms with Crippen molar-refractivity contribution in [2.45, 2.75) is 25.1 Å². The molecule has 92 valence electrons. The molecule has 0 N–H and O–H groups in total. The van der Waals surface area contributed by atoms with Crippen LogP contribution in [0.3, 0.4) is 0 Å². The lowest BCUT2D eigenvalue weighted by Crippen LogP contribution is -2.30. The average Bonchev–Trinajstić information content (AvgIpc) is 3.07. The summed E-state index contributed by atoms with van der Waals surface area (Å²) in [6.07, 6.45) is -6.32. The molecule has 17 heavy (non-hydrogen) atoms. The first-order chi connectivity index (χ1) is 8.62. The second-order valence-electron chi connectivity index (χ2n) is 3.54. The Labute approximate surface area is 99.1 Å². The molecule has 6 heteroatoms. The van der Waals surface area contributed by atoms with Gasteiger partial charge >= 0.3 is 11.8 Å². The zero-order chi connectivity index (χ0) is 14.5. The number of benzene rings is 1. The van der Waals surface area contributed by atoms with E-state index in [4.69, 9.17) is 7.48 Å². The third-order valence-electron chi connectivity index (χ3n) is 2.57. The molecule has 0 amide bonds. The summed E-state index contributed by atoms with van der Waals surface area (Å²) in [6, 6.07) is 3.57.